The van der Waals surface area contributed by atoms with Crippen LogP contribution in [0.2, 0.25) is 18.1 Å². The highest BCUT2D eigenvalue weighted by Crippen LogP contribution is 2.59. The normalized spacial score (nSPS) is 26.3. The predicted molar refractivity (Wildman–Crippen MR) is 101 cm³/mol. The van der Waals surface area contributed by atoms with Crippen molar-refractivity contribution in [2.24, 2.45) is 10.5 Å². The van der Waals surface area contributed by atoms with Gasteiger partial charge in [-0.25, -0.2) is 18.7 Å². The highest BCUT2D eigenvalue weighted by Gasteiger charge is 2.62. The van der Waals surface area contributed by atoms with Crippen LogP contribution in [0.25, 0.3) is 10.4 Å². The van der Waals surface area contributed by atoms with Gasteiger partial charge in [-0.2, -0.15) is 0 Å². The standard InChI is InChI=1S/C16H24BrF2N5OSi/c1-14(2,3)26(4,5)25-10-15(12(18)19)8-16(9-15,23-24-20)13-21-6-11(17)7-22-13/h6-7,12H,8-10H2,1-5H3. The lowest BCUT2D eigenvalue weighted by atomic mass is 9.57. The predicted octanol–water partition coefficient (Wildman–Crippen LogP) is 5.81. The topological polar surface area (TPSA) is 83.8 Å². The first-order chi connectivity index (χ1) is 11.9. The molecule has 0 radical (unpaired) electrons. The number of hydrogen-bond acceptors (Lipinski definition) is 4. The molecule has 10 heteroatoms. The van der Waals surface area contributed by atoms with Gasteiger partial charge in [-0.1, -0.05) is 25.9 Å². The van der Waals surface area contributed by atoms with E-state index in [0.29, 0.717) is 4.47 Å². The smallest absolute Gasteiger partial charge is 0.246 e. The molecule has 6 nitrogen and oxygen atoms in total. The SMILES string of the molecule is CC(C)(C)[Si](C)(C)OCC1(C(F)F)CC(N=[N+]=[N-])(c2ncc(Br)cn2)C1. The van der Waals surface area contributed by atoms with Gasteiger partial charge in [0.15, 0.2) is 8.32 Å². The van der Waals surface area contributed by atoms with Crippen molar-refractivity contribution in [1.29, 1.82) is 0 Å². The molecule has 2 rings (SSSR count). The molecule has 1 aliphatic rings. The van der Waals surface area contributed by atoms with E-state index in [4.69, 9.17) is 9.96 Å². The highest BCUT2D eigenvalue weighted by molar-refractivity contribution is 9.10. The van der Waals surface area contributed by atoms with E-state index in [2.05, 4.69) is 56.7 Å². The average Bonchev–Trinajstić information content (AvgIpc) is 2.49. The molecule has 1 aromatic rings. The number of hydrogen-bond donors (Lipinski definition) is 0. The summed E-state index contributed by atoms with van der Waals surface area (Å²) in [4.78, 5) is 11.2. The molecule has 0 atom stereocenters. The summed E-state index contributed by atoms with van der Waals surface area (Å²) in [5.74, 6) is 0.266. The summed E-state index contributed by atoms with van der Waals surface area (Å²) in [6, 6.07) is 0. The summed E-state index contributed by atoms with van der Waals surface area (Å²) in [6.45, 7) is 10.2. The third-order valence-electron chi connectivity index (χ3n) is 5.55. The molecule has 1 fully saturated rings. The van der Waals surface area contributed by atoms with Gasteiger partial charge in [-0.15, -0.1) is 0 Å². The van der Waals surface area contributed by atoms with Gasteiger partial charge in [-0.3, -0.25) is 0 Å². The lowest BCUT2D eigenvalue weighted by Gasteiger charge is -2.53. The molecule has 0 N–H and O–H groups in total. The van der Waals surface area contributed by atoms with Crippen molar-refractivity contribution in [3.05, 3.63) is 33.1 Å². The van der Waals surface area contributed by atoms with Gasteiger partial charge in [0.25, 0.3) is 0 Å². The maximum atomic E-state index is 13.9. The highest BCUT2D eigenvalue weighted by atomic mass is 79.9. The Balaban J connectivity index is 2.25. The zero-order valence-corrected chi connectivity index (χ0v) is 18.2. The van der Waals surface area contributed by atoms with Crippen LogP contribution in [0.5, 0.6) is 0 Å². The third kappa shape index (κ3) is 3.93. The molecule has 0 aromatic carbocycles. The molecule has 1 aromatic heterocycles. The third-order valence-corrected chi connectivity index (χ3v) is 10.4. The van der Waals surface area contributed by atoms with Gasteiger partial charge in [0.05, 0.1) is 9.89 Å². The Morgan fingerprint density at radius 2 is 1.88 bits per heavy atom. The fourth-order valence-corrected chi connectivity index (χ4v) is 4.17. The second-order valence-electron chi connectivity index (χ2n) is 8.51. The zero-order chi connectivity index (χ0) is 19.8. The Morgan fingerprint density at radius 3 is 2.31 bits per heavy atom. The van der Waals surface area contributed by atoms with Crippen LogP contribution in [0.1, 0.15) is 39.4 Å². The van der Waals surface area contributed by atoms with Crippen LogP contribution in [0.15, 0.2) is 22.0 Å². The fourth-order valence-electron chi connectivity index (χ4n) is 2.88. The monoisotopic (exact) mass is 447 g/mol. The first-order valence-electron chi connectivity index (χ1n) is 8.34. The molecule has 0 spiro atoms. The van der Waals surface area contributed by atoms with Gasteiger partial charge < -0.3 is 4.43 Å². The van der Waals surface area contributed by atoms with Crippen LogP contribution < -0.4 is 0 Å². The molecule has 0 saturated heterocycles. The Bertz CT molecular complexity index is 696. The minimum Gasteiger partial charge on any atom is -0.416 e. The maximum Gasteiger partial charge on any atom is 0.246 e. The van der Waals surface area contributed by atoms with Gasteiger partial charge in [0.1, 0.15) is 11.4 Å². The lowest BCUT2D eigenvalue weighted by molar-refractivity contribution is -0.132. The van der Waals surface area contributed by atoms with Crippen molar-refractivity contribution in [3.8, 4) is 0 Å². The van der Waals surface area contributed by atoms with Gasteiger partial charge in [0.2, 0.25) is 6.43 Å². The summed E-state index contributed by atoms with van der Waals surface area (Å²) in [5, 5.41) is 3.72. The van der Waals surface area contributed by atoms with Crippen molar-refractivity contribution in [1.82, 2.24) is 9.97 Å². The molecule has 1 saturated carbocycles. The molecule has 26 heavy (non-hydrogen) atoms. The Hall–Kier alpha value is -1.09. The van der Waals surface area contributed by atoms with Gasteiger partial charge >= 0.3 is 0 Å². The van der Waals surface area contributed by atoms with Crippen molar-refractivity contribution in [2.75, 3.05) is 6.61 Å². The van der Waals surface area contributed by atoms with E-state index >= 15 is 0 Å². The Kier molecular flexibility index (Phi) is 5.83. The van der Waals surface area contributed by atoms with Crippen molar-refractivity contribution < 1.29 is 13.2 Å². The molecule has 0 amide bonds. The number of azide groups is 1. The second kappa shape index (κ2) is 7.14. The number of alkyl halides is 2. The average molecular weight is 448 g/mol. The molecule has 1 heterocycles. The molecule has 0 bridgehead atoms. The molecule has 0 aliphatic heterocycles. The van der Waals surface area contributed by atoms with E-state index < -0.39 is 25.7 Å². The van der Waals surface area contributed by atoms with Gasteiger partial charge in [-0.05, 0) is 52.4 Å². The molecule has 1 aliphatic carbocycles. The first-order valence-corrected chi connectivity index (χ1v) is 12.0. The second-order valence-corrected chi connectivity index (χ2v) is 14.2. The molecule has 0 unspecified atom stereocenters. The summed E-state index contributed by atoms with van der Waals surface area (Å²) >= 11 is 3.24. The Labute approximate surface area is 161 Å². The summed E-state index contributed by atoms with van der Waals surface area (Å²) in [7, 11) is -2.17. The number of halogens is 3. The first kappa shape index (κ1) is 21.2. The van der Waals surface area contributed by atoms with E-state index in [1.54, 1.807) is 0 Å². The van der Waals surface area contributed by atoms with Crippen molar-refractivity contribution >= 4 is 24.2 Å². The fraction of sp³-hybridized carbons (Fsp3) is 0.750. The van der Waals surface area contributed by atoms with E-state index in [1.165, 1.54) is 12.4 Å². The zero-order valence-electron chi connectivity index (χ0n) is 15.6. The van der Waals surface area contributed by atoms with Crippen LogP contribution in [-0.2, 0) is 9.96 Å². The lowest BCUT2D eigenvalue weighted by Crippen LogP contribution is -2.57. The summed E-state index contributed by atoms with van der Waals surface area (Å²) < 4.78 is 34.6. The number of nitrogens with zero attached hydrogens (tertiary/aromatic N) is 5. The minimum absolute atomic E-state index is 0.0298. The number of rotatable bonds is 6. The van der Waals surface area contributed by atoms with Gasteiger partial charge in [0, 0.05) is 23.9 Å². The van der Waals surface area contributed by atoms with Crippen molar-refractivity contribution in [2.45, 2.75) is 63.7 Å². The number of aromatic nitrogens is 2. The van der Waals surface area contributed by atoms with Crippen LogP contribution in [0.3, 0.4) is 0 Å². The van der Waals surface area contributed by atoms with E-state index in [0.717, 1.165) is 0 Å². The van der Waals surface area contributed by atoms with Crippen LogP contribution >= 0.6 is 15.9 Å². The molecule has 144 valence electrons. The van der Waals surface area contributed by atoms with Crippen molar-refractivity contribution in [3.63, 3.8) is 0 Å². The van der Waals surface area contributed by atoms with Crippen LogP contribution in [0.4, 0.5) is 8.78 Å². The van der Waals surface area contributed by atoms with E-state index in [-0.39, 0.29) is 30.3 Å². The Morgan fingerprint density at radius 1 is 1.35 bits per heavy atom. The molecular formula is C16H24BrF2N5OSi. The van der Waals surface area contributed by atoms with Crippen LogP contribution in [-0.4, -0.2) is 31.3 Å². The summed E-state index contributed by atoms with van der Waals surface area (Å²) in [5.41, 5.74) is 6.44. The van der Waals surface area contributed by atoms with E-state index in [1.807, 2.05) is 13.1 Å². The molecular weight excluding hydrogens is 424 g/mol. The minimum atomic E-state index is -2.58. The van der Waals surface area contributed by atoms with E-state index in [9.17, 15) is 8.78 Å². The van der Waals surface area contributed by atoms with Crippen LogP contribution in [0, 0.1) is 5.41 Å². The summed E-state index contributed by atoms with van der Waals surface area (Å²) in [6.07, 6.45) is 0.400. The maximum absolute atomic E-state index is 13.9. The quantitative estimate of drug-likeness (QED) is 0.238. The largest absolute Gasteiger partial charge is 0.416 e.